The quantitative estimate of drug-likeness (QED) is 0.0775. The first-order chi connectivity index (χ1) is 19.5. The van der Waals surface area contributed by atoms with Gasteiger partial charge >= 0.3 is 11.9 Å². The highest BCUT2D eigenvalue weighted by Crippen LogP contribution is 2.33. The van der Waals surface area contributed by atoms with E-state index in [2.05, 4.69) is 13.8 Å². The van der Waals surface area contributed by atoms with E-state index in [4.69, 9.17) is 10.2 Å². The Labute approximate surface area is 249 Å². The summed E-state index contributed by atoms with van der Waals surface area (Å²) in [5, 5.41) is 17.7. The van der Waals surface area contributed by atoms with Crippen molar-refractivity contribution in [1.29, 1.82) is 0 Å². The molecule has 0 aromatic carbocycles. The van der Waals surface area contributed by atoms with Crippen molar-refractivity contribution < 1.29 is 19.8 Å². The van der Waals surface area contributed by atoms with Crippen LogP contribution < -0.4 is 0 Å². The summed E-state index contributed by atoms with van der Waals surface area (Å²) in [5.74, 6) is 0.438. The average Bonchev–Trinajstić information content (AvgIpc) is 2.92. The summed E-state index contributed by atoms with van der Waals surface area (Å²) >= 11 is 0. The van der Waals surface area contributed by atoms with E-state index < -0.39 is 11.9 Å². The van der Waals surface area contributed by atoms with E-state index in [0.717, 1.165) is 37.5 Å². The molecule has 0 amide bonds. The minimum atomic E-state index is -0.660. The summed E-state index contributed by atoms with van der Waals surface area (Å²) in [6, 6.07) is 0. The Balaban J connectivity index is 4.73. The van der Waals surface area contributed by atoms with Crippen LogP contribution in [0.15, 0.2) is 0 Å². The molecule has 2 N–H and O–H groups in total. The number of carboxylic acids is 2. The Morgan fingerprint density at radius 2 is 0.600 bits per heavy atom. The molecule has 0 fully saturated rings. The lowest BCUT2D eigenvalue weighted by Gasteiger charge is -2.28. The van der Waals surface area contributed by atoms with Crippen LogP contribution in [0.5, 0.6) is 0 Å². The van der Waals surface area contributed by atoms with E-state index >= 15 is 0 Å². The summed E-state index contributed by atoms with van der Waals surface area (Å²) < 4.78 is 0. The number of carboxylic acid groups (broad SMARTS) is 2. The van der Waals surface area contributed by atoms with Crippen LogP contribution in [0.1, 0.15) is 206 Å². The molecule has 0 spiro atoms. The number of hydrogen-bond acceptors (Lipinski definition) is 2. The molecule has 238 valence electrons. The van der Waals surface area contributed by atoms with Gasteiger partial charge < -0.3 is 10.2 Å². The van der Waals surface area contributed by atoms with Gasteiger partial charge in [-0.3, -0.25) is 9.59 Å². The molecule has 0 bridgehead atoms. The fourth-order valence-corrected chi connectivity index (χ4v) is 6.38. The molecule has 0 aliphatic rings. The molecule has 4 heteroatoms. The van der Waals surface area contributed by atoms with Gasteiger partial charge in [-0.05, 0) is 24.7 Å². The monoisotopic (exact) mass is 567 g/mol. The number of hydrogen-bond donors (Lipinski definition) is 2. The molecule has 2 atom stereocenters. The number of carbonyl (C=O) groups is 2. The van der Waals surface area contributed by atoms with Crippen molar-refractivity contribution in [2.45, 2.75) is 206 Å². The van der Waals surface area contributed by atoms with Crippen molar-refractivity contribution in [3.05, 3.63) is 0 Å². The van der Waals surface area contributed by atoms with Gasteiger partial charge in [-0.2, -0.15) is 0 Å². The minimum Gasteiger partial charge on any atom is -0.481 e. The van der Waals surface area contributed by atoms with Crippen LogP contribution in [-0.2, 0) is 9.59 Å². The van der Waals surface area contributed by atoms with Gasteiger partial charge in [0.15, 0.2) is 0 Å². The molecule has 0 aromatic heterocycles. The average molecular weight is 567 g/mol. The van der Waals surface area contributed by atoms with E-state index in [9.17, 15) is 9.59 Å². The second-order valence-electron chi connectivity index (χ2n) is 12.7. The molecule has 0 radical (unpaired) electrons. The zero-order valence-corrected chi connectivity index (χ0v) is 27.1. The van der Waals surface area contributed by atoms with E-state index in [-0.39, 0.29) is 0 Å². The molecule has 0 aromatic rings. The lowest BCUT2D eigenvalue weighted by atomic mass is 9.78. The fourth-order valence-electron chi connectivity index (χ4n) is 6.38. The van der Waals surface area contributed by atoms with Crippen molar-refractivity contribution in [2.24, 2.45) is 11.8 Å². The van der Waals surface area contributed by atoms with Crippen LogP contribution in [0, 0.1) is 11.8 Å². The summed E-state index contributed by atoms with van der Waals surface area (Å²) in [4.78, 5) is 21.5. The zero-order valence-electron chi connectivity index (χ0n) is 27.1. The molecular weight excluding hydrogens is 496 g/mol. The molecule has 0 heterocycles. The van der Waals surface area contributed by atoms with Crippen LogP contribution in [0.3, 0.4) is 0 Å². The summed E-state index contributed by atoms with van der Waals surface area (Å²) in [7, 11) is 0. The minimum absolute atomic E-state index is 0.322. The van der Waals surface area contributed by atoms with Gasteiger partial charge in [0.05, 0.1) is 0 Å². The van der Waals surface area contributed by atoms with Crippen LogP contribution in [0.2, 0.25) is 0 Å². The Morgan fingerprint density at radius 1 is 0.375 bits per heavy atom. The first-order valence-corrected chi connectivity index (χ1v) is 17.9. The first-order valence-electron chi connectivity index (χ1n) is 17.9. The third-order valence-corrected chi connectivity index (χ3v) is 8.95. The third kappa shape index (κ3) is 28.5. The normalized spacial score (nSPS) is 12.9. The number of aliphatic carboxylic acids is 2. The lowest BCUT2D eigenvalue weighted by Crippen LogP contribution is -2.16. The van der Waals surface area contributed by atoms with E-state index in [1.54, 1.807) is 0 Å². The fraction of sp³-hybridized carbons (Fsp3) is 0.944. The highest BCUT2D eigenvalue weighted by Gasteiger charge is 2.20. The van der Waals surface area contributed by atoms with Gasteiger partial charge in [0, 0.05) is 12.8 Å². The van der Waals surface area contributed by atoms with Gasteiger partial charge in [-0.15, -0.1) is 0 Å². The first kappa shape index (κ1) is 38.9. The van der Waals surface area contributed by atoms with Crippen LogP contribution in [0.25, 0.3) is 0 Å². The SMILES string of the molecule is CCCCCCCCC(CCCCCCCCC(=O)O)C(CCCCCCCC)CCCCCCCCC(=O)O. The van der Waals surface area contributed by atoms with Crippen LogP contribution in [-0.4, -0.2) is 22.2 Å². The van der Waals surface area contributed by atoms with Gasteiger partial charge in [0.1, 0.15) is 0 Å². The van der Waals surface area contributed by atoms with E-state index in [0.29, 0.717) is 12.8 Å². The Kier molecular flexibility index (Phi) is 30.1. The largest absolute Gasteiger partial charge is 0.481 e. The maximum absolute atomic E-state index is 10.7. The summed E-state index contributed by atoms with van der Waals surface area (Å²) in [5.41, 5.74) is 0. The van der Waals surface area contributed by atoms with E-state index in [1.807, 2.05) is 0 Å². The standard InChI is InChI=1S/C36H70O4/c1-3-5-7-9-15-21-27-33(29-23-17-11-13-19-25-31-35(37)38)34(28-22-16-10-8-6-4-2)30-24-18-12-14-20-26-32-36(39)40/h33-34H,3-32H2,1-2H3,(H,37,38)(H,39,40). The summed E-state index contributed by atoms with van der Waals surface area (Å²) in [6.45, 7) is 4.59. The molecule has 40 heavy (non-hydrogen) atoms. The third-order valence-electron chi connectivity index (χ3n) is 8.95. The lowest BCUT2D eigenvalue weighted by molar-refractivity contribution is -0.138. The molecule has 0 saturated carbocycles. The number of rotatable bonds is 33. The zero-order chi connectivity index (χ0) is 29.5. The predicted molar refractivity (Wildman–Crippen MR) is 172 cm³/mol. The van der Waals surface area contributed by atoms with Crippen LogP contribution in [0.4, 0.5) is 0 Å². The van der Waals surface area contributed by atoms with Crippen molar-refractivity contribution in [2.75, 3.05) is 0 Å². The number of unbranched alkanes of at least 4 members (excludes halogenated alkanes) is 20. The second kappa shape index (κ2) is 30.9. The Hall–Kier alpha value is -1.06. The molecular formula is C36H70O4. The van der Waals surface area contributed by atoms with Crippen molar-refractivity contribution in [3.63, 3.8) is 0 Å². The van der Waals surface area contributed by atoms with E-state index in [1.165, 1.54) is 154 Å². The molecule has 0 saturated heterocycles. The van der Waals surface area contributed by atoms with Crippen molar-refractivity contribution in [3.8, 4) is 0 Å². The molecule has 0 rings (SSSR count). The smallest absolute Gasteiger partial charge is 0.303 e. The molecule has 4 nitrogen and oxygen atoms in total. The highest BCUT2D eigenvalue weighted by atomic mass is 16.4. The van der Waals surface area contributed by atoms with Gasteiger partial charge in [0.25, 0.3) is 0 Å². The topological polar surface area (TPSA) is 74.6 Å². The second-order valence-corrected chi connectivity index (χ2v) is 12.7. The highest BCUT2D eigenvalue weighted by molar-refractivity contribution is 5.66. The van der Waals surface area contributed by atoms with Gasteiger partial charge in [-0.1, -0.05) is 181 Å². The molecule has 0 aliphatic heterocycles. The summed E-state index contributed by atoms with van der Waals surface area (Å²) in [6.07, 6.45) is 36.8. The Bertz CT molecular complexity index is 499. The van der Waals surface area contributed by atoms with Gasteiger partial charge in [0.2, 0.25) is 0 Å². The van der Waals surface area contributed by atoms with Gasteiger partial charge in [-0.25, -0.2) is 0 Å². The maximum atomic E-state index is 10.7. The predicted octanol–water partition coefficient (Wildman–Crippen LogP) is 12.1. The van der Waals surface area contributed by atoms with Crippen LogP contribution >= 0.6 is 0 Å². The molecule has 0 aliphatic carbocycles. The van der Waals surface area contributed by atoms with Crippen molar-refractivity contribution >= 4 is 11.9 Å². The molecule has 2 unspecified atom stereocenters. The Morgan fingerprint density at radius 3 is 0.850 bits per heavy atom. The maximum Gasteiger partial charge on any atom is 0.303 e. The van der Waals surface area contributed by atoms with Crippen molar-refractivity contribution in [1.82, 2.24) is 0 Å².